The maximum absolute atomic E-state index is 11.4. The minimum Gasteiger partial charge on any atom is -0.466 e. The van der Waals surface area contributed by atoms with Gasteiger partial charge >= 0.3 is 5.97 Å². The van der Waals surface area contributed by atoms with Crippen LogP contribution in [0.4, 0.5) is 0 Å². The van der Waals surface area contributed by atoms with Gasteiger partial charge in [-0.15, -0.1) is 0 Å². The molecule has 1 radical (unpaired) electrons. The highest BCUT2D eigenvalue weighted by molar-refractivity contribution is 5.69. The lowest BCUT2D eigenvalue weighted by molar-refractivity contribution is -0.143. The Morgan fingerprint density at radius 3 is 1.86 bits per heavy atom. The Labute approximate surface area is 133 Å². The Bertz CT molecular complexity index is 214. The van der Waals surface area contributed by atoms with Crippen molar-refractivity contribution in [2.45, 2.75) is 103 Å². The molecule has 0 atom stereocenters. The smallest absolute Gasteiger partial charge is 0.305 e. The van der Waals surface area contributed by atoms with Gasteiger partial charge in [0, 0.05) is 6.42 Å². The van der Waals surface area contributed by atoms with Crippen LogP contribution in [0.25, 0.3) is 0 Å². The van der Waals surface area contributed by atoms with Crippen molar-refractivity contribution in [3.05, 3.63) is 6.92 Å². The summed E-state index contributed by atoms with van der Waals surface area (Å²) in [6, 6.07) is 0. The van der Waals surface area contributed by atoms with Crippen molar-refractivity contribution < 1.29 is 9.53 Å². The van der Waals surface area contributed by atoms with E-state index in [0.717, 1.165) is 32.1 Å². The molecule has 125 valence electrons. The first kappa shape index (κ1) is 20.5. The molecule has 0 aliphatic carbocycles. The maximum Gasteiger partial charge on any atom is 0.305 e. The third-order valence-corrected chi connectivity index (χ3v) is 3.89. The van der Waals surface area contributed by atoms with Crippen molar-refractivity contribution in [1.29, 1.82) is 0 Å². The lowest BCUT2D eigenvalue weighted by atomic mass is 10.1. The summed E-state index contributed by atoms with van der Waals surface area (Å²) >= 11 is 0. The Kier molecular flexibility index (Phi) is 17.1. The SMILES string of the molecule is [CH2]CCCCCC(=O)OCCCCCCCCCCCC. The van der Waals surface area contributed by atoms with Crippen LogP contribution in [-0.4, -0.2) is 12.6 Å². The molecule has 0 heterocycles. The quantitative estimate of drug-likeness (QED) is 0.249. The van der Waals surface area contributed by atoms with E-state index in [0.29, 0.717) is 13.0 Å². The number of ether oxygens (including phenoxy) is 1. The summed E-state index contributed by atoms with van der Waals surface area (Å²) in [5.41, 5.74) is 0. The molecule has 0 amide bonds. The van der Waals surface area contributed by atoms with Gasteiger partial charge in [0.05, 0.1) is 6.61 Å². The highest BCUT2D eigenvalue weighted by Gasteiger charge is 2.01. The number of hydrogen-bond acceptors (Lipinski definition) is 2. The number of hydrogen-bond donors (Lipinski definition) is 0. The average Bonchev–Trinajstić information content (AvgIpc) is 2.49. The maximum atomic E-state index is 11.4. The van der Waals surface area contributed by atoms with E-state index in [1.165, 1.54) is 57.8 Å². The van der Waals surface area contributed by atoms with Crippen LogP contribution in [0, 0.1) is 6.92 Å². The molecule has 2 nitrogen and oxygen atoms in total. The standard InChI is InChI=1S/C19H37O2/c1-3-5-7-9-10-11-12-13-14-16-18-21-19(20)17-15-8-6-4-2/h2-18H2,1H3. The predicted octanol–water partition coefficient (Wildman–Crippen LogP) is 6.24. The largest absolute Gasteiger partial charge is 0.466 e. The molecule has 0 aliphatic heterocycles. The zero-order valence-electron chi connectivity index (χ0n) is 14.3. The second-order valence-corrected chi connectivity index (χ2v) is 6.07. The van der Waals surface area contributed by atoms with Crippen LogP contribution >= 0.6 is 0 Å². The van der Waals surface area contributed by atoms with Crippen molar-refractivity contribution in [3.8, 4) is 0 Å². The number of rotatable bonds is 16. The van der Waals surface area contributed by atoms with E-state index in [4.69, 9.17) is 4.74 Å². The van der Waals surface area contributed by atoms with E-state index < -0.39 is 0 Å². The van der Waals surface area contributed by atoms with Crippen molar-refractivity contribution in [1.82, 2.24) is 0 Å². The first-order chi connectivity index (χ1) is 10.3. The van der Waals surface area contributed by atoms with E-state index in [1.54, 1.807) is 0 Å². The summed E-state index contributed by atoms with van der Waals surface area (Å²) in [7, 11) is 0. The van der Waals surface area contributed by atoms with E-state index in [1.807, 2.05) is 0 Å². The summed E-state index contributed by atoms with van der Waals surface area (Å²) in [5.74, 6) is -0.0185. The number of carbonyl (C=O) groups excluding carboxylic acids is 1. The van der Waals surface area contributed by atoms with Crippen LogP contribution in [0.5, 0.6) is 0 Å². The van der Waals surface area contributed by atoms with Crippen LogP contribution in [0.3, 0.4) is 0 Å². The van der Waals surface area contributed by atoms with E-state index in [2.05, 4.69) is 13.8 Å². The summed E-state index contributed by atoms with van der Waals surface area (Å²) in [4.78, 5) is 11.4. The average molecular weight is 298 g/mol. The number of esters is 1. The van der Waals surface area contributed by atoms with Crippen molar-refractivity contribution >= 4 is 5.97 Å². The molecule has 0 saturated carbocycles. The van der Waals surface area contributed by atoms with E-state index >= 15 is 0 Å². The Morgan fingerprint density at radius 2 is 1.29 bits per heavy atom. The Morgan fingerprint density at radius 1 is 0.762 bits per heavy atom. The van der Waals surface area contributed by atoms with Crippen LogP contribution in [0.2, 0.25) is 0 Å². The predicted molar refractivity (Wildman–Crippen MR) is 91.2 cm³/mol. The summed E-state index contributed by atoms with van der Waals surface area (Å²) in [6.07, 6.45) is 17.8. The molecule has 0 rings (SSSR count). The van der Waals surface area contributed by atoms with Crippen molar-refractivity contribution in [2.75, 3.05) is 6.61 Å². The molecule has 0 aromatic carbocycles. The monoisotopic (exact) mass is 297 g/mol. The molecule has 0 aliphatic rings. The van der Waals surface area contributed by atoms with Crippen molar-refractivity contribution in [3.63, 3.8) is 0 Å². The zero-order valence-corrected chi connectivity index (χ0v) is 14.3. The minimum absolute atomic E-state index is 0.0185. The van der Waals surface area contributed by atoms with Crippen LogP contribution in [-0.2, 0) is 9.53 Å². The molecule has 2 heteroatoms. The first-order valence-electron chi connectivity index (χ1n) is 9.26. The Balaban J connectivity index is 3.09. The second kappa shape index (κ2) is 17.5. The Hall–Kier alpha value is -0.530. The van der Waals surface area contributed by atoms with Gasteiger partial charge in [0.25, 0.3) is 0 Å². The van der Waals surface area contributed by atoms with Gasteiger partial charge in [-0.25, -0.2) is 0 Å². The molecule has 0 aromatic rings. The second-order valence-electron chi connectivity index (χ2n) is 6.07. The summed E-state index contributed by atoms with van der Waals surface area (Å²) in [5, 5.41) is 0. The fraction of sp³-hybridized carbons (Fsp3) is 0.895. The molecule has 0 N–H and O–H groups in total. The zero-order chi connectivity index (χ0) is 15.6. The van der Waals surface area contributed by atoms with Gasteiger partial charge in [0.1, 0.15) is 0 Å². The molecule has 0 unspecified atom stereocenters. The molecular formula is C19H37O2. The fourth-order valence-electron chi connectivity index (χ4n) is 2.47. The fourth-order valence-corrected chi connectivity index (χ4v) is 2.47. The van der Waals surface area contributed by atoms with Crippen molar-refractivity contribution in [2.24, 2.45) is 0 Å². The lowest BCUT2D eigenvalue weighted by Gasteiger charge is -2.05. The molecule has 0 bridgehead atoms. The van der Waals surface area contributed by atoms with Gasteiger partial charge in [-0.3, -0.25) is 4.79 Å². The molecule has 0 fully saturated rings. The first-order valence-corrected chi connectivity index (χ1v) is 9.26. The van der Waals surface area contributed by atoms with Crippen LogP contribution in [0.1, 0.15) is 103 Å². The third kappa shape index (κ3) is 17.4. The molecular weight excluding hydrogens is 260 g/mol. The highest BCUT2D eigenvalue weighted by atomic mass is 16.5. The number of carbonyl (C=O) groups is 1. The molecule has 21 heavy (non-hydrogen) atoms. The molecule has 0 spiro atoms. The van der Waals surface area contributed by atoms with E-state index in [-0.39, 0.29) is 5.97 Å². The highest BCUT2D eigenvalue weighted by Crippen LogP contribution is 2.10. The van der Waals surface area contributed by atoms with Crippen LogP contribution in [0.15, 0.2) is 0 Å². The normalized spacial score (nSPS) is 10.8. The minimum atomic E-state index is -0.0185. The number of unbranched alkanes of at least 4 members (excludes halogenated alkanes) is 12. The van der Waals surface area contributed by atoms with Gasteiger partial charge in [0.15, 0.2) is 0 Å². The molecule has 0 saturated heterocycles. The van der Waals surface area contributed by atoms with E-state index in [9.17, 15) is 4.79 Å². The van der Waals surface area contributed by atoms with Gasteiger partial charge in [-0.05, 0) is 12.8 Å². The summed E-state index contributed by atoms with van der Waals surface area (Å²) < 4.78 is 5.24. The van der Waals surface area contributed by atoms with Gasteiger partial charge < -0.3 is 4.74 Å². The van der Waals surface area contributed by atoms with Gasteiger partial charge in [-0.2, -0.15) is 0 Å². The van der Waals surface area contributed by atoms with Gasteiger partial charge in [-0.1, -0.05) is 90.9 Å². The summed E-state index contributed by atoms with van der Waals surface area (Å²) in [6.45, 7) is 6.67. The molecule has 0 aromatic heterocycles. The lowest BCUT2D eigenvalue weighted by Crippen LogP contribution is -2.05. The third-order valence-electron chi connectivity index (χ3n) is 3.89. The van der Waals surface area contributed by atoms with Gasteiger partial charge in [0.2, 0.25) is 0 Å². The topological polar surface area (TPSA) is 26.3 Å². The van der Waals surface area contributed by atoms with Crippen LogP contribution < -0.4 is 0 Å².